The Balaban J connectivity index is 3.90. The van der Waals surface area contributed by atoms with Gasteiger partial charge < -0.3 is 62.3 Å². The van der Waals surface area contributed by atoms with Crippen LogP contribution in [0, 0.1) is 5.92 Å². The lowest BCUT2D eigenvalue weighted by molar-refractivity contribution is -0.132. The van der Waals surface area contributed by atoms with Crippen molar-refractivity contribution in [3.63, 3.8) is 0 Å². The van der Waals surface area contributed by atoms with Crippen molar-refractivity contribution in [2.45, 2.75) is 51.6 Å². The molecule has 0 aromatic rings. The van der Waals surface area contributed by atoms with Crippen LogP contribution in [0.4, 0.5) is 4.79 Å². The second-order valence-electron chi connectivity index (χ2n) is 11.9. The molecule has 10 N–H and O–H groups in total. The number of carbonyl (C=O) groups is 5. The highest BCUT2D eigenvalue weighted by Gasteiger charge is 2.27. The average Bonchev–Trinajstić information content (AvgIpc) is 3.03. The Morgan fingerprint density at radius 2 is 1.22 bits per heavy atom. The number of amides is 6. The zero-order chi connectivity index (χ0) is 36.9. The average molecular weight is 706 g/mol. The van der Waals surface area contributed by atoms with Gasteiger partial charge in [0, 0.05) is 58.7 Å². The minimum atomic E-state index is -0.958. The molecule has 18 heteroatoms. The molecule has 0 radical (unpaired) electrons. The molecule has 0 aliphatic heterocycles. The van der Waals surface area contributed by atoms with Crippen molar-refractivity contribution in [3.8, 4) is 0 Å². The SMILES string of the molecule is CC(C)C(NC(=O)CCOCCOCCOCCOCCC(=O)NCCN(CCN)CCN(C)C)C(=O)NC(CCCNC(N)=O)C(N)=O. The van der Waals surface area contributed by atoms with Gasteiger partial charge in [0.15, 0.2) is 0 Å². The largest absolute Gasteiger partial charge is 0.379 e. The fraction of sp³-hybridized carbons (Fsp3) is 0.839. The van der Waals surface area contributed by atoms with E-state index in [0.29, 0.717) is 59.2 Å². The van der Waals surface area contributed by atoms with Gasteiger partial charge in [0.25, 0.3) is 0 Å². The van der Waals surface area contributed by atoms with Crippen molar-refractivity contribution >= 4 is 29.7 Å². The molecule has 2 atom stereocenters. The predicted octanol–water partition coefficient (Wildman–Crippen LogP) is -2.67. The highest BCUT2D eigenvalue weighted by atomic mass is 16.6. The molecule has 0 aliphatic carbocycles. The smallest absolute Gasteiger partial charge is 0.312 e. The van der Waals surface area contributed by atoms with Crippen molar-refractivity contribution in [2.24, 2.45) is 23.1 Å². The van der Waals surface area contributed by atoms with E-state index in [2.05, 4.69) is 31.1 Å². The number of hydrogen-bond donors (Lipinski definition) is 7. The molecule has 49 heavy (non-hydrogen) atoms. The third-order valence-electron chi connectivity index (χ3n) is 7.02. The fourth-order valence-electron chi connectivity index (χ4n) is 4.24. The number of ether oxygens (including phenoxy) is 4. The van der Waals surface area contributed by atoms with E-state index in [9.17, 15) is 24.0 Å². The van der Waals surface area contributed by atoms with Crippen molar-refractivity contribution in [2.75, 3.05) is 113 Å². The summed E-state index contributed by atoms with van der Waals surface area (Å²) in [5, 5.41) is 10.6. The molecule has 0 aromatic heterocycles. The second-order valence-corrected chi connectivity index (χ2v) is 11.9. The summed E-state index contributed by atoms with van der Waals surface area (Å²) in [6.07, 6.45) is 0.885. The highest BCUT2D eigenvalue weighted by Crippen LogP contribution is 2.05. The summed E-state index contributed by atoms with van der Waals surface area (Å²) in [6, 6.07) is -2.52. The van der Waals surface area contributed by atoms with Gasteiger partial charge in [-0.25, -0.2) is 4.79 Å². The number of hydrogen-bond acceptors (Lipinski definition) is 12. The van der Waals surface area contributed by atoms with Crippen LogP contribution in [0.2, 0.25) is 0 Å². The molecule has 0 spiro atoms. The summed E-state index contributed by atoms with van der Waals surface area (Å²) in [5.74, 6) is -1.95. The second kappa shape index (κ2) is 29.8. The Morgan fingerprint density at radius 3 is 1.71 bits per heavy atom. The fourth-order valence-corrected chi connectivity index (χ4v) is 4.24. The lowest BCUT2D eigenvalue weighted by Crippen LogP contribution is -2.54. The lowest BCUT2D eigenvalue weighted by Gasteiger charge is -2.24. The van der Waals surface area contributed by atoms with Gasteiger partial charge in [-0.1, -0.05) is 13.8 Å². The van der Waals surface area contributed by atoms with Crippen LogP contribution in [0.1, 0.15) is 39.5 Å². The molecule has 0 aliphatic rings. The molecule has 2 unspecified atom stereocenters. The van der Waals surface area contributed by atoms with Crippen molar-refractivity contribution in [3.05, 3.63) is 0 Å². The maximum Gasteiger partial charge on any atom is 0.312 e. The van der Waals surface area contributed by atoms with Gasteiger partial charge in [-0.2, -0.15) is 0 Å². The molecular formula is C31H63N9O9. The Morgan fingerprint density at radius 1 is 0.673 bits per heavy atom. The molecule has 18 nitrogen and oxygen atoms in total. The minimum absolute atomic E-state index is 0.0315. The van der Waals surface area contributed by atoms with Gasteiger partial charge >= 0.3 is 6.03 Å². The van der Waals surface area contributed by atoms with Gasteiger partial charge in [-0.3, -0.25) is 24.1 Å². The van der Waals surface area contributed by atoms with Crippen LogP contribution < -0.4 is 38.5 Å². The first-order valence-corrected chi connectivity index (χ1v) is 16.9. The van der Waals surface area contributed by atoms with Crippen molar-refractivity contribution in [1.29, 1.82) is 0 Å². The first-order valence-electron chi connectivity index (χ1n) is 16.9. The molecule has 0 saturated heterocycles. The number of nitrogens with two attached hydrogens (primary N) is 3. The first kappa shape index (κ1) is 45.9. The number of rotatable bonds is 32. The summed E-state index contributed by atoms with van der Waals surface area (Å²) >= 11 is 0. The topological polar surface area (TPSA) is 255 Å². The minimum Gasteiger partial charge on any atom is -0.379 e. The van der Waals surface area contributed by atoms with Crippen LogP contribution in [0.25, 0.3) is 0 Å². The molecule has 0 saturated carbocycles. The van der Waals surface area contributed by atoms with Gasteiger partial charge in [0.2, 0.25) is 23.6 Å². The van der Waals surface area contributed by atoms with Gasteiger partial charge in [-0.05, 0) is 32.9 Å². The lowest BCUT2D eigenvalue weighted by atomic mass is 10.0. The molecule has 0 rings (SSSR count). The number of nitrogens with zero attached hydrogens (tertiary/aromatic N) is 2. The van der Waals surface area contributed by atoms with Crippen LogP contribution in [0.5, 0.6) is 0 Å². The molecule has 0 fully saturated rings. The third kappa shape index (κ3) is 27.4. The zero-order valence-corrected chi connectivity index (χ0v) is 30.0. The van der Waals surface area contributed by atoms with Crippen LogP contribution in [0.15, 0.2) is 0 Å². The van der Waals surface area contributed by atoms with Crippen LogP contribution in [-0.4, -0.2) is 164 Å². The standard InChI is InChI=1S/C31H63N9O9/c1-24(2)28(30(44)37-25(29(33)43)6-5-10-36-31(34)45)38-27(42)8-17-47-19-21-49-23-22-48-20-18-46-16-7-26(41)35-11-13-40(12-9-32)15-14-39(3)4/h24-25,28H,5-23,32H2,1-4H3,(H2,33,43)(H,35,41)(H,37,44)(H,38,42)(H3,34,36,45). The van der Waals surface area contributed by atoms with Gasteiger partial charge in [-0.15, -0.1) is 0 Å². The molecule has 0 bridgehead atoms. The van der Waals surface area contributed by atoms with Crippen LogP contribution in [0.3, 0.4) is 0 Å². The number of primary amides is 2. The molecule has 6 amide bonds. The number of urea groups is 1. The summed E-state index contributed by atoms with van der Waals surface area (Å²) in [6.45, 7) is 10.8. The van der Waals surface area contributed by atoms with Crippen LogP contribution >= 0.6 is 0 Å². The van der Waals surface area contributed by atoms with Gasteiger partial charge in [0.05, 0.1) is 52.9 Å². The maximum atomic E-state index is 12.8. The highest BCUT2D eigenvalue weighted by molar-refractivity contribution is 5.91. The number of nitrogens with one attached hydrogen (secondary N) is 4. The van der Waals surface area contributed by atoms with E-state index in [4.69, 9.17) is 36.1 Å². The quantitative estimate of drug-likeness (QED) is 0.0354. The number of carbonyl (C=O) groups excluding carboxylic acids is 5. The summed E-state index contributed by atoms with van der Waals surface area (Å²) in [7, 11) is 4.05. The van der Waals surface area contributed by atoms with E-state index in [1.807, 2.05) is 14.1 Å². The van der Waals surface area contributed by atoms with Crippen molar-refractivity contribution < 1.29 is 42.9 Å². The van der Waals surface area contributed by atoms with Crippen LogP contribution in [-0.2, 0) is 38.1 Å². The first-order chi connectivity index (χ1) is 23.4. The monoisotopic (exact) mass is 705 g/mol. The van der Waals surface area contributed by atoms with E-state index in [0.717, 1.165) is 26.2 Å². The molecule has 286 valence electrons. The van der Waals surface area contributed by atoms with E-state index >= 15 is 0 Å². The maximum absolute atomic E-state index is 12.8. The normalized spacial score (nSPS) is 12.6. The van der Waals surface area contributed by atoms with E-state index in [-0.39, 0.29) is 56.8 Å². The Kier molecular flexibility index (Phi) is 27.9. The summed E-state index contributed by atoms with van der Waals surface area (Å²) in [5.41, 5.74) is 16.1. The van der Waals surface area contributed by atoms with Gasteiger partial charge in [0.1, 0.15) is 12.1 Å². The summed E-state index contributed by atoms with van der Waals surface area (Å²) in [4.78, 5) is 64.1. The zero-order valence-electron chi connectivity index (χ0n) is 30.0. The van der Waals surface area contributed by atoms with E-state index in [1.165, 1.54) is 0 Å². The summed E-state index contributed by atoms with van der Waals surface area (Å²) < 4.78 is 21.8. The third-order valence-corrected chi connectivity index (χ3v) is 7.02. The molecule has 0 heterocycles. The van der Waals surface area contributed by atoms with Crippen molar-refractivity contribution in [1.82, 2.24) is 31.1 Å². The molecule has 0 aromatic carbocycles. The van der Waals surface area contributed by atoms with E-state index in [1.54, 1.807) is 13.8 Å². The Labute approximate surface area is 291 Å². The number of likely N-dealkylation sites (N-methyl/N-ethyl adjacent to an activating group) is 1. The molecular weight excluding hydrogens is 642 g/mol. The van der Waals surface area contributed by atoms with E-state index < -0.39 is 29.9 Å². The Hall–Kier alpha value is -3.13. The Bertz CT molecular complexity index is 929. The predicted molar refractivity (Wildman–Crippen MR) is 184 cm³/mol.